The van der Waals surface area contributed by atoms with Crippen LogP contribution < -0.4 is 10.6 Å². The second-order valence-corrected chi connectivity index (χ2v) is 4.55. The van der Waals surface area contributed by atoms with E-state index in [9.17, 15) is 4.79 Å². The van der Waals surface area contributed by atoms with Gasteiger partial charge in [-0.25, -0.2) is 0 Å². The summed E-state index contributed by atoms with van der Waals surface area (Å²) in [4.78, 5) is 13.8. The van der Waals surface area contributed by atoms with Crippen molar-refractivity contribution in [3.05, 3.63) is 0 Å². The molecule has 0 aromatic rings. The number of nitrogens with one attached hydrogen (secondary N) is 2. The molecule has 0 aromatic heterocycles. The minimum Gasteiger partial charge on any atom is -0.374 e. The zero-order valence-corrected chi connectivity index (χ0v) is 9.87. The Morgan fingerprint density at radius 3 is 3.00 bits per heavy atom. The van der Waals surface area contributed by atoms with E-state index in [0.29, 0.717) is 13.1 Å². The van der Waals surface area contributed by atoms with Gasteiger partial charge in [0.05, 0.1) is 19.3 Å². The average Bonchev–Trinajstić information content (AvgIpc) is 3.11. The molecule has 16 heavy (non-hydrogen) atoms. The first-order chi connectivity index (χ1) is 7.79. The Hall–Kier alpha value is -0.650. The number of nitrogens with zero attached hydrogens (tertiary/aromatic N) is 1. The van der Waals surface area contributed by atoms with Gasteiger partial charge in [-0.1, -0.05) is 0 Å². The van der Waals surface area contributed by atoms with Gasteiger partial charge in [-0.3, -0.25) is 9.69 Å². The second kappa shape index (κ2) is 5.61. The maximum absolute atomic E-state index is 11.3. The Morgan fingerprint density at radius 1 is 1.50 bits per heavy atom. The number of likely N-dealkylation sites (N-methyl/N-ethyl adjacent to an activating group) is 1. The van der Waals surface area contributed by atoms with E-state index in [-0.39, 0.29) is 12.0 Å². The van der Waals surface area contributed by atoms with Crippen molar-refractivity contribution in [1.82, 2.24) is 15.5 Å². The Balaban J connectivity index is 1.66. The standard InChI is InChI=1S/C11H21N3O2/c1-12-7-11(15)13-6-10-8-14(4-5-16-10)9-2-3-9/h9-10,12H,2-8H2,1H3,(H,13,15). The number of ether oxygens (including phenoxy) is 1. The van der Waals surface area contributed by atoms with Gasteiger partial charge in [-0.15, -0.1) is 0 Å². The third-order valence-corrected chi connectivity index (χ3v) is 3.10. The van der Waals surface area contributed by atoms with E-state index >= 15 is 0 Å². The largest absolute Gasteiger partial charge is 0.374 e. The van der Waals surface area contributed by atoms with E-state index in [1.54, 1.807) is 7.05 Å². The quantitative estimate of drug-likeness (QED) is 0.645. The molecule has 1 heterocycles. The lowest BCUT2D eigenvalue weighted by Crippen LogP contribution is -2.49. The number of rotatable bonds is 5. The summed E-state index contributed by atoms with van der Waals surface area (Å²) >= 11 is 0. The molecule has 5 nitrogen and oxygen atoms in total. The summed E-state index contributed by atoms with van der Waals surface area (Å²) in [6.07, 6.45) is 2.83. The van der Waals surface area contributed by atoms with E-state index in [0.717, 1.165) is 25.7 Å². The molecule has 1 aliphatic carbocycles. The monoisotopic (exact) mass is 227 g/mol. The lowest BCUT2D eigenvalue weighted by molar-refractivity contribution is -0.121. The summed E-state index contributed by atoms with van der Waals surface area (Å²) in [5.74, 6) is 0.0367. The van der Waals surface area contributed by atoms with Gasteiger partial charge in [0, 0.05) is 25.7 Å². The molecule has 1 saturated heterocycles. The van der Waals surface area contributed by atoms with Crippen LogP contribution in [-0.4, -0.2) is 62.8 Å². The van der Waals surface area contributed by atoms with Gasteiger partial charge in [-0.2, -0.15) is 0 Å². The molecule has 5 heteroatoms. The minimum absolute atomic E-state index is 0.0367. The summed E-state index contributed by atoms with van der Waals surface area (Å²) in [5, 5.41) is 5.71. The van der Waals surface area contributed by atoms with E-state index in [1.807, 2.05) is 0 Å². The van der Waals surface area contributed by atoms with Crippen molar-refractivity contribution in [3.63, 3.8) is 0 Å². The molecule has 2 fully saturated rings. The molecule has 2 rings (SSSR count). The molecule has 1 unspecified atom stereocenters. The average molecular weight is 227 g/mol. The molecule has 0 radical (unpaired) electrons. The van der Waals surface area contributed by atoms with Crippen LogP contribution in [0.25, 0.3) is 0 Å². The Labute approximate surface area is 96.5 Å². The third-order valence-electron chi connectivity index (χ3n) is 3.10. The van der Waals surface area contributed by atoms with Gasteiger partial charge < -0.3 is 15.4 Å². The highest BCUT2D eigenvalue weighted by atomic mass is 16.5. The maximum atomic E-state index is 11.3. The molecule has 0 bridgehead atoms. The van der Waals surface area contributed by atoms with Gasteiger partial charge in [-0.05, 0) is 19.9 Å². The smallest absolute Gasteiger partial charge is 0.234 e. The predicted octanol–water partition coefficient (Wildman–Crippen LogP) is -0.815. The first-order valence-electron chi connectivity index (χ1n) is 6.06. The summed E-state index contributed by atoms with van der Waals surface area (Å²) < 4.78 is 5.64. The van der Waals surface area contributed by atoms with Crippen molar-refractivity contribution in [3.8, 4) is 0 Å². The van der Waals surface area contributed by atoms with Gasteiger partial charge in [0.2, 0.25) is 5.91 Å². The molecular weight excluding hydrogens is 206 g/mol. The molecule has 1 saturated carbocycles. The van der Waals surface area contributed by atoms with Crippen LogP contribution in [0.2, 0.25) is 0 Å². The van der Waals surface area contributed by atoms with Crippen molar-refractivity contribution in [1.29, 1.82) is 0 Å². The van der Waals surface area contributed by atoms with Crippen LogP contribution in [0.5, 0.6) is 0 Å². The zero-order valence-electron chi connectivity index (χ0n) is 9.87. The Kier molecular flexibility index (Phi) is 4.15. The predicted molar refractivity (Wildman–Crippen MR) is 61.3 cm³/mol. The molecular formula is C11H21N3O2. The molecule has 2 N–H and O–H groups in total. The van der Waals surface area contributed by atoms with Gasteiger partial charge >= 0.3 is 0 Å². The number of amides is 1. The summed E-state index contributed by atoms with van der Waals surface area (Å²) in [6, 6.07) is 0.791. The fourth-order valence-electron chi connectivity index (χ4n) is 2.09. The van der Waals surface area contributed by atoms with Gasteiger partial charge in [0.25, 0.3) is 0 Å². The number of hydrogen-bond acceptors (Lipinski definition) is 4. The summed E-state index contributed by atoms with van der Waals surface area (Å²) in [6.45, 7) is 3.81. The van der Waals surface area contributed by atoms with Crippen LogP contribution in [0.1, 0.15) is 12.8 Å². The highest BCUT2D eigenvalue weighted by Gasteiger charge is 2.32. The molecule has 1 amide bonds. The van der Waals surface area contributed by atoms with E-state index in [1.165, 1.54) is 12.8 Å². The lowest BCUT2D eigenvalue weighted by Gasteiger charge is -2.33. The third kappa shape index (κ3) is 3.43. The molecule has 0 aromatic carbocycles. The van der Waals surface area contributed by atoms with Crippen molar-refractivity contribution in [2.75, 3.05) is 39.8 Å². The summed E-state index contributed by atoms with van der Waals surface area (Å²) in [5.41, 5.74) is 0. The number of carbonyl (C=O) groups is 1. The van der Waals surface area contributed by atoms with Gasteiger partial charge in [0.1, 0.15) is 0 Å². The second-order valence-electron chi connectivity index (χ2n) is 4.55. The number of carbonyl (C=O) groups excluding carboxylic acids is 1. The highest BCUT2D eigenvalue weighted by Crippen LogP contribution is 2.27. The minimum atomic E-state index is 0.0367. The van der Waals surface area contributed by atoms with Gasteiger partial charge in [0.15, 0.2) is 0 Å². The van der Waals surface area contributed by atoms with Crippen molar-refractivity contribution in [2.24, 2.45) is 0 Å². The van der Waals surface area contributed by atoms with Crippen LogP contribution in [-0.2, 0) is 9.53 Å². The fourth-order valence-corrected chi connectivity index (χ4v) is 2.09. The molecule has 1 atom stereocenters. The zero-order chi connectivity index (χ0) is 11.4. The number of morpholine rings is 1. The SMILES string of the molecule is CNCC(=O)NCC1CN(C2CC2)CCO1. The van der Waals surface area contributed by atoms with E-state index in [4.69, 9.17) is 4.74 Å². The Morgan fingerprint density at radius 2 is 2.31 bits per heavy atom. The van der Waals surface area contributed by atoms with Crippen LogP contribution in [0.3, 0.4) is 0 Å². The highest BCUT2D eigenvalue weighted by molar-refractivity contribution is 5.77. The first-order valence-corrected chi connectivity index (χ1v) is 6.06. The van der Waals surface area contributed by atoms with E-state index < -0.39 is 0 Å². The van der Waals surface area contributed by atoms with Crippen molar-refractivity contribution < 1.29 is 9.53 Å². The normalized spacial score (nSPS) is 26.7. The summed E-state index contributed by atoms with van der Waals surface area (Å²) in [7, 11) is 1.77. The number of hydrogen-bond donors (Lipinski definition) is 2. The molecule has 1 aliphatic heterocycles. The first kappa shape index (κ1) is 11.8. The molecule has 92 valence electrons. The van der Waals surface area contributed by atoms with E-state index in [2.05, 4.69) is 15.5 Å². The fraction of sp³-hybridized carbons (Fsp3) is 0.909. The maximum Gasteiger partial charge on any atom is 0.234 e. The lowest BCUT2D eigenvalue weighted by atomic mass is 10.2. The van der Waals surface area contributed by atoms with Crippen LogP contribution in [0, 0.1) is 0 Å². The topological polar surface area (TPSA) is 53.6 Å². The Bertz CT molecular complexity index is 243. The van der Waals surface area contributed by atoms with Crippen molar-refractivity contribution >= 4 is 5.91 Å². The van der Waals surface area contributed by atoms with Crippen LogP contribution in [0.4, 0.5) is 0 Å². The van der Waals surface area contributed by atoms with Crippen LogP contribution >= 0.6 is 0 Å². The van der Waals surface area contributed by atoms with Crippen molar-refractivity contribution in [2.45, 2.75) is 25.0 Å². The molecule has 0 spiro atoms. The van der Waals surface area contributed by atoms with Crippen LogP contribution in [0.15, 0.2) is 0 Å². The molecule has 2 aliphatic rings.